The molecule has 1 amide bonds. The van der Waals surface area contributed by atoms with E-state index in [9.17, 15) is 34.3 Å². The zero-order valence-electron chi connectivity index (χ0n) is 34.6. The van der Waals surface area contributed by atoms with Crippen molar-refractivity contribution in [2.24, 2.45) is 0 Å². The number of carboxylic acids is 1. The molecule has 0 aliphatic carbocycles. The molecule has 0 spiro atoms. The lowest BCUT2D eigenvalue weighted by Crippen LogP contribution is -2.53. The highest BCUT2D eigenvalue weighted by Crippen LogP contribution is 2.53. The Morgan fingerprint density at radius 2 is 1.50 bits per heavy atom. The first kappa shape index (κ1) is 44.3. The predicted octanol–water partition coefficient (Wildman–Crippen LogP) is 5.53. The van der Waals surface area contributed by atoms with Gasteiger partial charge in [0.05, 0.1) is 41.1 Å². The number of anilines is 1. The van der Waals surface area contributed by atoms with E-state index in [1.807, 2.05) is 39.8 Å². The largest absolute Gasteiger partial charge is 0.481 e. The van der Waals surface area contributed by atoms with Crippen LogP contribution in [0, 0.1) is 23.3 Å². The highest BCUT2D eigenvalue weighted by atomic mass is 31.2. The summed E-state index contributed by atoms with van der Waals surface area (Å²) in [5, 5.41) is 10.1. The van der Waals surface area contributed by atoms with Gasteiger partial charge in [-0.3, -0.25) is 9.59 Å². The molecule has 3 aromatic rings. The number of ether oxygens (including phenoxy) is 1. The van der Waals surface area contributed by atoms with Crippen LogP contribution < -0.4 is 24.8 Å². The van der Waals surface area contributed by atoms with Gasteiger partial charge in [0, 0.05) is 79.9 Å². The average molecular weight is 903 g/mol. The second-order valence-electron chi connectivity index (χ2n) is 17.2. The van der Waals surface area contributed by atoms with E-state index in [-0.39, 0.29) is 60.5 Å². The van der Waals surface area contributed by atoms with Gasteiger partial charge < -0.3 is 48.3 Å². The summed E-state index contributed by atoms with van der Waals surface area (Å²) in [5.41, 5.74) is 0.791. The molecule has 5 aliphatic heterocycles. The summed E-state index contributed by atoms with van der Waals surface area (Å²) < 4.78 is 85.0. The van der Waals surface area contributed by atoms with Gasteiger partial charge in [0.1, 0.15) is 18.0 Å². The van der Waals surface area contributed by atoms with Crippen molar-refractivity contribution in [1.29, 1.82) is 0 Å². The van der Waals surface area contributed by atoms with E-state index >= 15 is 17.6 Å². The Morgan fingerprint density at radius 1 is 0.855 bits per heavy atom. The number of fused-ring (bicyclic) bond motifs is 4. The molecule has 5 aliphatic rings. The van der Waals surface area contributed by atoms with E-state index in [4.69, 9.17) is 13.8 Å². The predicted molar refractivity (Wildman–Crippen MR) is 223 cm³/mol. The topological polar surface area (TPSA) is 172 Å². The molecule has 5 N–H and O–H groups in total. The van der Waals surface area contributed by atoms with Crippen LogP contribution >= 0.6 is 17.2 Å². The summed E-state index contributed by atoms with van der Waals surface area (Å²) in [6, 6.07) is 3.25. The van der Waals surface area contributed by atoms with Crippen molar-refractivity contribution in [3.8, 4) is 11.5 Å². The lowest BCUT2D eigenvalue weighted by Gasteiger charge is -2.47. The lowest BCUT2D eigenvalue weighted by molar-refractivity contribution is -0.137. The molecule has 0 fully saturated rings. The summed E-state index contributed by atoms with van der Waals surface area (Å²) in [5.74, 6) is -10.1. The fourth-order valence-electron chi connectivity index (χ4n) is 9.80. The molecule has 5 heterocycles. The number of rotatable bonds is 12. The van der Waals surface area contributed by atoms with Crippen molar-refractivity contribution in [2.45, 2.75) is 77.3 Å². The van der Waals surface area contributed by atoms with E-state index in [1.54, 1.807) is 12.1 Å². The maximum absolute atomic E-state index is 17.1. The van der Waals surface area contributed by atoms with Gasteiger partial charge in [-0.25, -0.2) is 22.1 Å². The first-order valence-corrected chi connectivity index (χ1v) is 22.5. The Balaban J connectivity index is 1.54. The third kappa shape index (κ3) is 7.43. The molecule has 8 rings (SSSR count). The lowest BCUT2D eigenvalue weighted by atomic mass is 9.78. The van der Waals surface area contributed by atoms with Crippen LogP contribution in [-0.2, 0) is 26.7 Å². The monoisotopic (exact) mass is 902 g/mol. The standard InChI is InChI=1S/C43H45F4N3O10P2/c1-42(2)17-21(19-58-61(54)55)25-15-27-30(31-32(34(45)36(47)35(46)33(31)44)41(53)48(5)12-8-11-29(51)52)28-16-26-22(20-59-62(56)57)18-43(3,4)50-14-7-10-24(38(26)50)40(28)60-39(27)23-9-6-13-49(42)37(23)25/h15-18,54-57H,6-14,19-20H2,1-5H3/p+1. The van der Waals surface area contributed by atoms with E-state index in [0.29, 0.717) is 72.2 Å². The summed E-state index contributed by atoms with van der Waals surface area (Å²) >= 11 is 0. The van der Waals surface area contributed by atoms with Gasteiger partial charge in [-0.15, -0.1) is 0 Å². The first-order valence-electron chi connectivity index (χ1n) is 20.1. The molecule has 19 heteroatoms. The van der Waals surface area contributed by atoms with Crippen LogP contribution in [0.3, 0.4) is 0 Å². The molecule has 62 heavy (non-hydrogen) atoms. The Bertz CT molecular complexity index is 2650. The van der Waals surface area contributed by atoms with Gasteiger partial charge in [0.25, 0.3) is 5.91 Å². The average Bonchev–Trinajstić information content (AvgIpc) is 3.21. The molecule has 0 aromatic heterocycles. The number of aliphatic carboxylic acids is 1. The van der Waals surface area contributed by atoms with Crippen molar-refractivity contribution in [3.63, 3.8) is 0 Å². The highest BCUT2D eigenvalue weighted by Gasteiger charge is 2.44. The second kappa shape index (κ2) is 16.4. The van der Waals surface area contributed by atoms with Gasteiger partial charge >= 0.3 is 23.2 Å². The van der Waals surface area contributed by atoms with Crippen LogP contribution in [-0.4, -0.2) is 92.4 Å². The van der Waals surface area contributed by atoms with Crippen molar-refractivity contribution in [3.05, 3.63) is 97.1 Å². The number of halogens is 4. The van der Waals surface area contributed by atoms with Gasteiger partial charge in [-0.2, -0.15) is 0 Å². The number of hydrogen-bond donors (Lipinski definition) is 5. The van der Waals surface area contributed by atoms with Crippen LogP contribution in [0.4, 0.5) is 23.2 Å². The number of benzene rings is 3. The Labute approximate surface area is 356 Å². The minimum absolute atomic E-state index is 0.0798. The first-order chi connectivity index (χ1) is 29.2. The Hall–Kier alpha value is -4.31. The molecule has 0 atom stereocenters. The molecule has 0 bridgehead atoms. The third-order valence-electron chi connectivity index (χ3n) is 12.4. The van der Waals surface area contributed by atoms with Crippen LogP contribution in [0.2, 0.25) is 0 Å². The van der Waals surface area contributed by atoms with Crippen LogP contribution in [0.25, 0.3) is 16.7 Å². The summed E-state index contributed by atoms with van der Waals surface area (Å²) in [4.78, 5) is 68.0. The van der Waals surface area contributed by atoms with Crippen molar-refractivity contribution in [2.75, 3.05) is 44.8 Å². The minimum Gasteiger partial charge on any atom is -0.481 e. The van der Waals surface area contributed by atoms with E-state index in [1.165, 1.54) is 7.05 Å². The van der Waals surface area contributed by atoms with Gasteiger partial charge in [-0.1, -0.05) is 6.08 Å². The number of amides is 1. The van der Waals surface area contributed by atoms with Gasteiger partial charge in [0.2, 0.25) is 5.36 Å². The van der Waals surface area contributed by atoms with Crippen LogP contribution in [0.1, 0.15) is 97.1 Å². The van der Waals surface area contributed by atoms with E-state index < -0.39 is 74.6 Å². The quantitative estimate of drug-likeness (QED) is 0.0398. The molecule has 330 valence electrons. The van der Waals surface area contributed by atoms with E-state index in [2.05, 4.69) is 9.48 Å². The molecule has 0 saturated carbocycles. The Kier molecular flexibility index (Phi) is 11.7. The normalized spacial score (nSPS) is 17.8. The molecular formula is C43H46F4N3O10P2+. The molecular weight excluding hydrogens is 856 g/mol. The van der Waals surface area contributed by atoms with E-state index in [0.717, 1.165) is 15.9 Å². The fraction of sp³-hybridized carbons (Fsp3) is 0.419. The third-order valence-corrected chi connectivity index (χ3v) is 13.1. The molecule has 0 saturated heterocycles. The highest BCUT2D eigenvalue weighted by molar-refractivity contribution is 7.39. The zero-order valence-corrected chi connectivity index (χ0v) is 36.4. The fourth-order valence-corrected chi connectivity index (χ4v) is 10.3. The maximum Gasteiger partial charge on any atom is 0.327 e. The maximum atomic E-state index is 17.1. The van der Waals surface area contributed by atoms with Crippen LogP contribution in [0.15, 0.2) is 24.3 Å². The number of carbonyl (C=O) groups is 2. The van der Waals surface area contributed by atoms with Crippen molar-refractivity contribution >= 4 is 51.5 Å². The van der Waals surface area contributed by atoms with Crippen molar-refractivity contribution < 1.29 is 65.6 Å². The molecule has 0 radical (unpaired) electrons. The molecule has 0 unspecified atom stereocenters. The zero-order chi connectivity index (χ0) is 44.7. The van der Waals surface area contributed by atoms with Crippen LogP contribution in [0.5, 0.6) is 11.5 Å². The van der Waals surface area contributed by atoms with Gasteiger partial charge in [-0.05, 0) is 68.9 Å². The Morgan fingerprint density at radius 3 is 2.16 bits per heavy atom. The van der Waals surface area contributed by atoms with Crippen molar-refractivity contribution in [1.82, 2.24) is 9.48 Å². The smallest absolute Gasteiger partial charge is 0.327 e. The number of carbonyl (C=O) groups excluding carboxylic acids is 1. The number of nitrogens with zero attached hydrogens (tertiary/aromatic N) is 3. The summed E-state index contributed by atoms with van der Waals surface area (Å²) in [6.45, 7) is 8.42. The number of carboxylic acid groups (broad SMARTS) is 1. The minimum atomic E-state index is -2.79. The summed E-state index contributed by atoms with van der Waals surface area (Å²) in [7, 11) is -4.36. The number of hydrogen-bond acceptors (Lipinski definition) is 10. The summed E-state index contributed by atoms with van der Waals surface area (Å²) in [6.07, 6.45) is 5.50. The van der Waals surface area contributed by atoms with Gasteiger partial charge in [0.15, 0.2) is 28.8 Å². The molecule has 3 aromatic carbocycles. The SMILES string of the molecule is CN(CCCC(=O)O)C(=O)c1c(F)c(F)c(F)c(F)c1C1=c2cc3c4c(c2Oc2c1cc1c5c2CCCN5C(C)(C)C=C1COP(O)O)CCC[N+]=4C(C)(C)C=C3COP(O)O. The molecule has 13 nitrogen and oxygen atoms in total. The second-order valence-corrected chi connectivity index (χ2v) is 18.7.